The monoisotopic (exact) mass is 441 g/mol. The van der Waals surface area contributed by atoms with Crippen molar-refractivity contribution in [3.63, 3.8) is 0 Å². The lowest BCUT2D eigenvalue weighted by Crippen LogP contribution is -2.56. The topological polar surface area (TPSA) is 128 Å². The van der Waals surface area contributed by atoms with Gasteiger partial charge in [0.2, 0.25) is 5.91 Å². The van der Waals surface area contributed by atoms with E-state index in [-0.39, 0.29) is 17.1 Å². The fraction of sp³-hybridized carbons (Fsp3) is 0.632. The number of hydrogen-bond acceptors (Lipinski definition) is 8. The number of rotatable bonds is 5. The minimum Gasteiger partial charge on any atom is -0.484 e. The highest BCUT2D eigenvalue weighted by atomic mass is 32.2. The fourth-order valence-corrected chi connectivity index (χ4v) is 4.89. The van der Waals surface area contributed by atoms with Crippen LogP contribution in [0.1, 0.15) is 51.6 Å². The predicted molar refractivity (Wildman–Crippen MR) is 110 cm³/mol. The molecular weight excluding hydrogens is 414 g/mol. The summed E-state index contributed by atoms with van der Waals surface area (Å²) in [7, 11) is -3.80. The lowest BCUT2D eigenvalue weighted by molar-refractivity contribution is -0.384. The number of ether oxygens (including phenoxy) is 1. The average Bonchev–Trinajstić information content (AvgIpc) is 2.61. The van der Waals surface area contributed by atoms with E-state index >= 15 is 0 Å². The van der Waals surface area contributed by atoms with Crippen molar-refractivity contribution in [3.05, 3.63) is 27.8 Å². The second kappa shape index (κ2) is 8.12. The fourth-order valence-electron chi connectivity index (χ4n) is 4.17. The number of amides is 1. The summed E-state index contributed by atoms with van der Waals surface area (Å²) in [6.45, 7) is 6.14. The first-order valence-electron chi connectivity index (χ1n) is 9.80. The van der Waals surface area contributed by atoms with Gasteiger partial charge >= 0.3 is 0 Å². The van der Waals surface area contributed by atoms with E-state index < -0.39 is 38.7 Å². The molecule has 0 bridgehead atoms. The zero-order chi connectivity index (χ0) is 22.3. The Morgan fingerprint density at radius 2 is 1.93 bits per heavy atom. The molecule has 0 unspecified atom stereocenters. The van der Waals surface area contributed by atoms with Gasteiger partial charge in [-0.25, -0.2) is 0 Å². The molecule has 0 radical (unpaired) electrons. The zero-order valence-corrected chi connectivity index (χ0v) is 18.3. The standard InChI is InChI=1S/C19H27N3O7S/c1-12(23)20-14-10-13-16(11-15(14)22(24)25)28-19(2,3)18(29-30(4,26)27)17(13)21-8-6-5-7-9-21/h10-11,17-18H,5-9H2,1-4H3,(H,20,23)/t17-,18+/m1/s1. The first-order valence-corrected chi connectivity index (χ1v) is 11.6. The Balaban J connectivity index is 2.20. The van der Waals surface area contributed by atoms with Crippen LogP contribution in [0.3, 0.4) is 0 Å². The summed E-state index contributed by atoms with van der Waals surface area (Å²) in [4.78, 5) is 24.7. The van der Waals surface area contributed by atoms with Gasteiger partial charge in [-0.2, -0.15) is 8.42 Å². The maximum atomic E-state index is 12.0. The molecule has 3 rings (SSSR count). The van der Waals surface area contributed by atoms with E-state index in [0.29, 0.717) is 5.56 Å². The minimum absolute atomic E-state index is 0.0367. The van der Waals surface area contributed by atoms with Crippen molar-refractivity contribution >= 4 is 27.4 Å². The van der Waals surface area contributed by atoms with Gasteiger partial charge in [-0.05, 0) is 45.8 Å². The smallest absolute Gasteiger partial charge is 0.296 e. The van der Waals surface area contributed by atoms with Crippen LogP contribution in [0.4, 0.5) is 11.4 Å². The molecule has 166 valence electrons. The van der Waals surface area contributed by atoms with E-state index in [4.69, 9.17) is 8.92 Å². The van der Waals surface area contributed by atoms with E-state index in [1.165, 1.54) is 19.1 Å². The summed E-state index contributed by atoms with van der Waals surface area (Å²) in [6.07, 6.45) is 3.09. The predicted octanol–water partition coefficient (Wildman–Crippen LogP) is 2.60. The van der Waals surface area contributed by atoms with Crippen LogP contribution in [0.5, 0.6) is 5.75 Å². The van der Waals surface area contributed by atoms with Gasteiger partial charge in [0.25, 0.3) is 15.8 Å². The van der Waals surface area contributed by atoms with E-state index in [2.05, 4.69) is 10.2 Å². The summed E-state index contributed by atoms with van der Waals surface area (Å²) < 4.78 is 35.6. The molecule has 1 N–H and O–H groups in total. The average molecular weight is 442 g/mol. The van der Waals surface area contributed by atoms with Gasteiger partial charge in [0, 0.05) is 12.5 Å². The normalized spacial score (nSPS) is 23.9. The van der Waals surface area contributed by atoms with Gasteiger partial charge in [-0.1, -0.05) is 6.42 Å². The number of anilines is 1. The van der Waals surface area contributed by atoms with Crippen LogP contribution in [0.25, 0.3) is 0 Å². The van der Waals surface area contributed by atoms with E-state index in [0.717, 1.165) is 38.6 Å². The molecule has 30 heavy (non-hydrogen) atoms. The maximum absolute atomic E-state index is 12.0. The Bertz CT molecular complexity index is 955. The Labute approximate surface area is 175 Å². The van der Waals surface area contributed by atoms with Gasteiger partial charge in [-0.3, -0.25) is 24.0 Å². The lowest BCUT2D eigenvalue weighted by atomic mass is 9.84. The highest BCUT2D eigenvalue weighted by molar-refractivity contribution is 7.86. The number of nitrogens with zero attached hydrogens (tertiary/aromatic N) is 2. The molecule has 1 fully saturated rings. The summed E-state index contributed by atoms with van der Waals surface area (Å²) in [5, 5.41) is 14.1. The highest BCUT2D eigenvalue weighted by Crippen LogP contribution is 2.48. The van der Waals surface area contributed by atoms with Gasteiger partial charge in [0.1, 0.15) is 23.1 Å². The van der Waals surface area contributed by atoms with Crippen LogP contribution in [0.15, 0.2) is 12.1 Å². The van der Waals surface area contributed by atoms with Crippen molar-refractivity contribution in [1.29, 1.82) is 0 Å². The Morgan fingerprint density at radius 1 is 1.30 bits per heavy atom. The van der Waals surface area contributed by atoms with Crippen molar-refractivity contribution in [2.45, 2.75) is 57.8 Å². The first-order chi connectivity index (χ1) is 13.9. The number of likely N-dealkylation sites (tertiary alicyclic amines) is 1. The van der Waals surface area contributed by atoms with Crippen molar-refractivity contribution in [3.8, 4) is 5.75 Å². The molecule has 2 atom stereocenters. The Morgan fingerprint density at radius 3 is 2.47 bits per heavy atom. The number of piperidine rings is 1. The van der Waals surface area contributed by atoms with Crippen LogP contribution >= 0.6 is 0 Å². The summed E-state index contributed by atoms with van der Waals surface area (Å²) in [6, 6.07) is 2.28. The number of carbonyl (C=O) groups is 1. The van der Waals surface area contributed by atoms with E-state index in [1.54, 1.807) is 13.8 Å². The number of nitro benzene ring substituents is 1. The molecule has 2 heterocycles. The molecule has 1 saturated heterocycles. The van der Waals surface area contributed by atoms with Crippen LogP contribution in [0, 0.1) is 10.1 Å². The SMILES string of the molecule is CC(=O)Nc1cc2c(cc1[N+](=O)[O-])OC(C)(C)[C@@H](OS(C)(=O)=O)[C@@H]2N1CCCCC1. The molecule has 11 heteroatoms. The van der Waals surface area contributed by atoms with Crippen molar-refractivity contribution in [2.24, 2.45) is 0 Å². The lowest BCUT2D eigenvalue weighted by Gasteiger charge is -2.48. The van der Waals surface area contributed by atoms with Crippen LogP contribution in [0.2, 0.25) is 0 Å². The Kier molecular flexibility index (Phi) is 6.08. The third-order valence-electron chi connectivity index (χ3n) is 5.36. The third kappa shape index (κ3) is 4.73. The molecule has 0 aliphatic carbocycles. The number of fused-ring (bicyclic) bond motifs is 1. The van der Waals surface area contributed by atoms with Gasteiger partial charge in [-0.15, -0.1) is 0 Å². The number of nitro groups is 1. The second-order valence-electron chi connectivity index (χ2n) is 8.31. The number of hydrogen-bond donors (Lipinski definition) is 1. The molecule has 0 saturated carbocycles. The minimum atomic E-state index is -3.80. The second-order valence-corrected chi connectivity index (χ2v) is 9.91. The molecule has 1 amide bonds. The molecule has 10 nitrogen and oxygen atoms in total. The molecule has 1 aromatic rings. The summed E-state index contributed by atoms with van der Waals surface area (Å²) in [5.74, 6) is -0.168. The molecule has 2 aliphatic rings. The highest BCUT2D eigenvalue weighted by Gasteiger charge is 2.49. The summed E-state index contributed by atoms with van der Waals surface area (Å²) in [5.41, 5.74) is -0.768. The molecule has 0 aromatic heterocycles. The number of carbonyl (C=O) groups excluding carboxylic acids is 1. The Hall–Kier alpha value is -2.24. The summed E-state index contributed by atoms with van der Waals surface area (Å²) >= 11 is 0. The molecular formula is C19H27N3O7S. The van der Waals surface area contributed by atoms with Crippen LogP contribution < -0.4 is 10.1 Å². The maximum Gasteiger partial charge on any atom is 0.296 e. The first kappa shape index (κ1) is 22.4. The van der Waals surface area contributed by atoms with Gasteiger partial charge < -0.3 is 10.1 Å². The zero-order valence-electron chi connectivity index (χ0n) is 17.5. The van der Waals surface area contributed by atoms with Gasteiger partial charge in [0.05, 0.1) is 23.3 Å². The van der Waals surface area contributed by atoms with Crippen LogP contribution in [-0.4, -0.2) is 55.2 Å². The largest absolute Gasteiger partial charge is 0.484 e. The van der Waals surface area contributed by atoms with Crippen molar-refractivity contribution < 1.29 is 27.1 Å². The third-order valence-corrected chi connectivity index (χ3v) is 5.92. The van der Waals surface area contributed by atoms with E-state index in [1.807, 2.05) is 0 Å². The van der Waals surface area contributed by atoms with Crippen molar-refractivity contribution in [1.82, 2.24) is 4.90 Å². The molecule has 0 spiro atoms. The quantitative estimate of drug-likeness (QED) is 0.419. The van der Waals surface area contributed by atoms with Crippen LogP contribution in [-0.2, 0) is 19.1 Å². The number of benzene rings is 1. The van der Waals surface area contributed by atoms with Gasteiger partial charge in [0.15, 0.2) is 0 Å². The van der Waals surface area contributed by atoms with E-state index in [9.17, 15) is 23.3 Å². The molecule has 2 aliphatic heterocycles. The number of nitrogens with one attached hydrogen (secondary N) is 1. The molecule has 1 aromatic carbocycles. The van der Waals surface area contributed by atoms with Crippen molar-refractivity contribution in [2.75, 3.05) is 24.7 Å².